The van der Waals surface area contributed by atoms with Crippen LogP contribution in [0.3, 0.4) is 0 Å². The predicted molar refractivity (Wildman–Crippen MR) is 88.2 cm³/mol. The molecule has 1 aliphatic rings. The Kier molecular flexibility index (Phi) is 4.74. The summed E-state index contributed by atoms with van der Waals surface area (Å²) < 4.78 is 0. The number of benzene rings is 1. The van der Waals surface area contributed by atoms with Gasteiger partial charge in [0.1, 0.15) is 0 Å². The monoisotopic (exact) mass is 274 g/mol. The van der Waals surface area contributed by atoms with Crippen LogP contribution in [0.2, 0.25) is 0 Å². The highest BCUT2D eigenvalue weighted by Gasteiger charge is 2.44. The molecule has 1 fully saturated rings. The van der Waals surface area contributed by atoms with E-state index in [4.69, 9.17) is 5.73 Å². The molecule has 112 valence electrons. The standard InChI is InChI=1S/C18H30N2/c1-14(2)16-10-7-8-12-18(16,13-19)20(4)17-11-6-5-9-15(17)3/h5-6,9,11,14,16H,7-8,10,12-13,19H2,1-4H3. The molecule has 2 nitrogen and oxygen atoms in total. The summed E-state index contributed by atoms with van der Waals surface area (Å²) >= 11 is 0. The third kappa shape index (κ3) is 2.58. The molecule has 2 heteroatoms. The van der Waals surface area contributed by atoms with Gasteiger partial charge in [0.2, 0.25) is 0 Å². The molecule has 0 aromatic heterocycles. The second kappa shape index (κ2) is 6.17. The SMILES string of the molecule is Cc1ccccc1N(C)C1(CN)CCCCC1C(C)C. The van der Waals surface area contributed by atoms with E-state index in [2.05, 4.69) is 57.0 Å². The molecular formula is C18H30N2. The third-order valence-corrected chi connectivity index (χ3v) is 5.37. The van der Waals surface area contributed by atoms with Gasteiger partial charge in [0.05, 0.1) is 5.54 Å². The first kappa shape index (κ1) is 15.4. The lowest BCUT2D eigenvalue weighted by Crippen LogP contribution is -2.60. The lowest BCUT2D eigenvalue weighted by atomic mass is 9.67. The zero-order chi connectivity index (χ0) is 14.8. The second-order valence-electron chi connectivity index (χ2n) is 6.75. The van der Waals surface area contributed by atoms with Crippen LogP contribution in [0.15, 0.2) is 24.3 Å². The molecule has 1 aliphatic carbocycles. The van der Waals surface area contributed by atoms with Gasteiger partial charge in [-0.05, 0) is 43.2 Å². The molecule has 1 aromatic rings. The molecule has 0 bridgehead atoms. The number of para-hydroxylation sites is 1. The Hall–Kier alpha value is -1.02. The Morgan fingerprint density at radius 1 is 1.30 bits per heavy atom. The van der Waals surface area contributed by atoms with E-state index in [0.29, 0.717) is 11.8 Å². The molecule has 2 rings (SSSR count). The van der Waals surface area contributed by atoms with Crippen LogP contribution < -0.4 is 10.6 Å². The number of hydrogen-bond acceptors (Lipinski definition) is 2. The Morgan fingerprint density at radius 2 is 2.00 bits per heavy atom. The molecule has 0 spiro atoms. The van der Waals surface area contributed by atoms with Crippen molar-refractivity contribution in [3.05, 3.63) is 29.8 Å². The average molecular weight is 274 g/mol. The first-order valence-electron chi connectivity index (χ1n) is 8.02. The van der Waals surface area contributed by atoms with E-state index in [1.165, 1.54) is 36.9 Å². The van der Waals surface area contributed by atoms with E-state index in [0.717, 1.165) is 6.54 Å². The van der Waals surface area contributed by atoms with Crippen molar-refractivity contribution >= 4 is 5.69 Å². The summed E-state index contributed by atoms with van der Waals surface area (Å²) in [4.78, 5) is 2.49. The van der Waals surface area contributed by atoms with Gasteiger partial charge < -0.3 is 10.6 Å². The van der Waals surface area contributed by atoms with Gasteiger partial charge in [-0.1, -0.05) is 44.9 Å². The molecule has 2 N–H and O–H groups in total. The molecule has 2 unspecified atom stereocenters. The topological polar surface area (TPSA) is 29.3 Å². The number of aryl methyl sites for hydroxylation is 1. The molecule has 20 heavy (non-hydrogen) atoms. The summed E-state index contributed by atoms with van der Waals surface area (Å²) in [7, 11) is 2.25. The zero-order valence-electron chi connectivity index (χ0n) is 13.5. The fraction of sp³-hybridized carbons (Fsp3) is 0.667. The van der Waals surface area contributed by atoms with Gasteiger partial charge in [0.25, 0.3) is 0 Å². The molecule has 0 amide bonds. The first-order valence-corrected chi connectivity index (χ1v) is 8.02. The van der Waals surface area contributed by atoms with Crippen LogP contribution in [0, 0.1) is 18.8 Å². The van der Waals surface area contributed by atoms with Gasteiger partial charge in [-0.25, -0.2) is 0 Å². The smallest absolute Gasteiger partial charge is 0.0551 e. The van der Waals surface area contributed by atoms with Crippen molar-refractivity contribution in [1.29, 1.82) is 0 Å². The molecule has 0 saturated heterocycles. The molecule has 0 radical (unpaired) electrons. The van der Waals surface area contributed by atoms with Gasteiger partial charge in [-0.15, -0.1) is 0 Å². The number of likely N-dealkylation sites (N-methyl/N-ethyl adjacent to an activating group) is 1. The van der Waals surface area contributed by atoms with E-state index >= 15 is 0 Å². The van der Waals surface area contributed by atoms with Crippen LogP contribution in [0.25, 0.3) is 0 Å². The molecular weight excluding hydrogens is 244 g/mol. The van der Waals surface area contributed by atoms with Crippen molar-refractivity contribution in [2.75, 3.05) is 18.5 Å². The molecule has 1 aromatic carbocycles. The van der Waals surface area contributed by atoms with Crippen molar-refractivity contribution in [1.82, 2.24) is 0 Å². The second-order valence-corrected chi connectivity index (χ2v) is 6.75. The Labute approximate surface area is 124 Å². The Morgan fingerprint density at radius 3 is 2.60 bits per heavy atom. The lowest BCUT2D eigenvalue weighted by Gasteiger charge is -2.52. The Bertz CT molecular complexity index is 441. The summed E-state index contributed by atoms with van der Waals surface area (Å²) in [5.41, 5.74) is 9.12. The first-order chi connectivity index (χ1) is 9.53. The molecule has 0 heterocycles. The number of anilines is 1. The summed E-state index contributed by atoms with van der Waals surface area (Å²) in [6.07, 6.45) is 5.19. The van der Waals surface area contributed by atoms with Crippen molar-refractivity contribution in [2.45, 2.75) is 52.0 Å². The van der Waals surface area contributed by atoms with Gasteiger partial charge in [-0.3, -0.25) is 0 Å². The van der Waals surface area contributed by atoms with Gasteiger partial charge >= 0.3 is 0 Å². The van der Waals surface area contributed by atoms with Crippen LogP contribution >= 0.6 is 0 Å². The maximum absolute atomic E-state index is 6.31. The number of nitrogens with zero attached hydrogens (tertiary/aromatic N) is 1. The maximum atomic E-state index is 6.31. The van der Waals surface area contributed by atoms with E-state index in [1.54, 1.807) is 0 Å². The van der Waals surface area contributed by atoms with Gasteiger partial charge in [0, 0.05) is 19.3 Å². The normalized spacial score (nSPS) is 26.8. The van der Waals surface area contributed by atoms with E-state index in [9.17, 15) is 0 Å². The number of nitrogens with two attached hydrogens (primary N) is 1. The highest BCUT2D eigenvalue weighted by Crippen LogP contribution is 2.43. The Balaban J connectivity index is 2.40. The molecule has 1 saturated carbocycles. The van der Waals surface area contributed by atoms with Crippen LogP contribution in [-0.2, 0) is 0 Å². The quantitative estimate of drug-likeness (QED) is 0.900. The van der Waals surface area contributed by atoms with Crippen molar-refractivity contribution in [3.8, 4) is 0 Å². The third-order valence-electron chi connectivity index (χ3n) is 5.37. The zero-order valence-corrected chi connectivity index (χ0v) is 13.5. The van der Waals surface area contributed by atoms with Gasteiger partial charge in [0.15, 0.2) is 0 Å². The number of rotatable bonds is 4. The van der Waals surface area contributed by atoms with Crippen molar-refractivity contribution in [3.63, 3.8) is 0 Å². The highest BCUT2D eigenvalue weighted by atomic mass is 15.2. The van der Waals surface area contributed by atoms with Crippen LogP contribution in [0.1, 0.15) is 45.1 Å². The molecule has 2 atom stereocenters. The minimum Gasteiger partial charge on any atom is -0.367 e. The average Bonchev–Trinajstić information content (AvgIpc) is 2.46. The summed E-state index contributed by atoms with van der Waals surface area (Å²) in [5, 5.41) is 0. The fourth-order valence-corrected chi connectivity index (χ4v) is 4.19. The predicted octanol–water partition coefficient (Wildman–Crippen LogP) is 3.97. The maximum Gasteiger partial charge on any atom is 0.0551 e. The summed E-state index contributed by atoms with van der Waals surface area (Å²) in [5.74, 6) is 1.37. The van der Waals surface area contributed by atoms with Crippen LogP contribution in [-0.4, -0.2) is 19.1 Å². The lowest BCUT2D eigenvalue weighted by molar-refractivity contribution is 0.141. The minimum atomic E-state index is 0.124. The molecule has 0 aliphatic heterocycles. The van der Waals surface area contributed by atoms with Crippen molar-refractivity contribution in [2.24, 2.45) is 17.6 Å². The van der Waals surface area contributed by atoms with E-state index in [1.807, 2.05) is 0 Å². The number of hydrogen-bond donors (Lipinski definition) is 1. The van der Waals surface area contributed by atoms with Crippen LogP contribution in [0.5, 0.6) is 0 Å². The fourth-order valence-electron chi connectivity index (χ4n) is 4.19. The largest absolute Gasteiger partial charge is 0.367 e. The van der Waals surface area contributed by atoms with Crippen LogP contribution in [0.4, 0.5) is 5.69 Å². The van der Waals surface area contributed by atoms with E-state index in [-0.39, 0.29) is 5.54 Å². The minimum absolute atomic E-state index is 0.124. The highest BCUT2D eigenvalue weighted by molar-refractivity contribution is 5.55. The summed E-state index contributed by atoms with van der Waals surface area (Å²) in [6.45, 7) is 7.65. The summed E-state index contributed by atoms with van der Waals surface area (Å²) in [6, 6.07) is 8.68. The van der Waals surface area contributed by atoms with E-state index < -0.39 is 0 Å². The van der Waals surface area contributed by atoms with Gasteiger partial charge in [-0.2, -0.15) is 0 Å². The van der Waals surface area contributed by atoms with Crippen molar-refractivity contribution < 1.29 is 0 Å².